The standard InChI is InChI=1S/C46H30/c1-3-14-31(15-4-1)35-25-13-18-33-30-34(26-27-36(33)35)37-28-29-44(39-20-8-7-19-38(37)39)46-42-23-11-9-21-40(42)45(32-16-5-2-6-17-32)41-22-10-12-24-43(41)46/h1-30H/i1D,2D,3D,4D,5D,6D,7D,8D,9D,10D,11D,12D,13D,14D,15D,16D,17D,18D,19D,20D,21D,22D,23D,24D,25D,26D,27D,28D,29D,30D. The van der Waals surface area contributed by atoms with Crippen LogP contribution in [0.4, 0.5) is 0 Å². The third kappa shape index (κ3) is 4.23. The van der Waals surface area contributed by atoms with Gasteiger partial charge in [0, 0.05) is 0 Å². The van der Waals surface area contributed by atoms with Crippen LogP contribution in [-0.2, 0) is 0 Å². The first kappa shape index (κ1) is 10.0. The summed E-state index contributed by atoms with van der Waals surface area (Å²) in [5.41, 5.74) is -6.40. The second-order valence-electron chi connectivity index (χ2n) is 9.75. The van der Waals surface area contributed by atoms with E-state index in [1.807, 2.05) is 0 Å². The summed E-state index contributed by atoms with van der Waals surface area (Å²) in [6.45, 7) is 0. The summed E-state index contributed by atoms with van der Waals surface area (Å²) >= 11 is 0. The zero-order valence-electron chi connectivity index (χ0n) is 53.0. The van der Waals surface area contributed by atoms with Gasteiger partial charge in [-0.1, -0.05) is 175 Å². The van der Waals surface area contributed by atoms with E-state index >= 15 is 0 Å². The van der Waals surface area contributed by atoms with Crippen molar-refractivity contribution >= 4 is 43.1 Å². The number of hydrogen-bond acceptors (Lipinski definition) is 0. The second-order valence-corrected chi connectivity index (χ2v) is 9.75. The predicted octanol–water partition coefficient (Wildman–Crippen LogP) is 13.0. The summed E-state index contributed by atoms with van der Waals surface area (Å²) < 4.78 is 269. The molecule has 0 amide bonds. The van der Waals surface area contributed by atoms with E-state index in [1.54, 1.807) is 0 Å². The molecule has 0 heteroatoms. The van der Waals surface area contributed by atoms with Crippen molar-refractivity contribution in [1.82, 2.24) is 0 Å². The Morgan fingerprint density at radius 1 is 0.261 bits per heavy atom. The van der Waals surface area contributed by atoms with Crippen LogP contribution in [0, 0.1) is 0 Å². The summed E-state index contributed by atoms with van der Waals surface area (Å²) in [6, 6.07) is -30.0. The van der Waals surface area contributed by atoms with Crippen molar-refractivity contribution in [3.8, 4) is 44.5 Å². The Balaban J connectivity index is 1.60. The van der Waals surface area contributed by atoms with Gasteiger partial charge in [0.25, 0.3) is 0 Å². The lowest BCUT2D eigenvalue weighted by Gasteiger charge is -2.19. The Labute approximate surface area is 311 Å². The van der Waals surface area contributed by atoms with Gasteiger partial charge in [0.15, 0.2) is 0 Å². The highest BCUT2D eigenvalue weighted by Crippen LogP contribution is 2.46. The second kappa shape index (κ2) is 10.9. The molecule has 0 radical (unpaired) electrons. The highest BCUT2D eigenvalue weighted by Gasteiger charge is 2.19. The van der Waals surface area contributed by atoms with Crippen LogP contribution in [0.1, 0.15) is 41.1 Å². The van der Waals surface area contributed by atoms with Crippen LogP contribution in [0.15, 0.2) is 181 Å². The molecule has 0 N–H and O–H groups in total. The monoisotopic (exact) mass is 612 g/mol. The number of fused-ring (bicyclic) bond motifs is 4. The Kier molecular flexibility index (Phi) is 2.37. The topological polar surface area (TPSA) is 0 Å². The third-order valence-corrected chi connectivity index (χ3v) is 7.31. The fraction of sp³-hybridized carbons (Fsp3) is 0. The van der Waals surface area contributed by atoms with E-state index in [9.17, 15) is 15.1 Å². The first-order chi connectivity index (χ1) is 35.3. The average Bonchev–Trinajstić information content (AvgIpc) is 3.40. The van der Waals surface area contributed by atoms with Crippen molar-refractivity contribution in [3.05, 3.63) is 181 Å². The first-order valence-electron chi connectivity index (χ1n) is 28.5. The highest BCUT2D eigenvalue weighted by atomic mass is 14.2. The Hall–Kier alpha value is -5.98. The van der Waals surface area contributed by atoms with E-state index in [1.165, 1.54) is 0 Å². The molecule has 0 aliphatic carbocycles. The zero-order valence-corrected chi connectivity index (χ0v) is 23.0. The van der Waals surface area contributed by atoms with Crippen molar-refractivity contribution in [1.29, 1.82) is 0 Å². The summed E-state index contributed by atoms with van der Waals surface area (Å²) in [6.07, 6.45) is 0. The average molecular weight is 613 g/mol. The van der Waals surface area contributed by atoms with Crippen molar-refractivity contribution in [2.45, 2.75) is 0 Å². The summed E-state index contributed by atoms with van der Waals surface area (Å²) in [4.78, 5) is 0. The van der Waals surface area contributed by atoms with Crippen LogP contribution in [-0.4, -0.2) is 0 Å². The molecule has 0 heterocycles. The molecule has 0 aromatic heterocycles. The fourth-order valence-corrected chi connectivity index (χ4v) is 5.41. The van der Waals surface area contributed by atoms with Crippen LogP contribution in [0.2, 0.25) is 0 Å². The summed E-state index contributed by atoms with van der Waals surface area (Å²) in [7, 11) is 0. The van der Waals surface area contributed by atoms with Gasteiger partial charge < -0.3 is 0 Å². The Bertz CT molecular complexity index is 4140. The maximum absolute atomic E-state index is 9.86. The van der Waals surface area contributed by atoms with Crippen LogP contribution >= 0.6 is 0 Å². The van der Waals surface area contributed by atoms with Crippen molar-refractivity contribution < 1.29 is 41.1 Å². The van der Waals surface area contributed by atoms with E-state index in [0.717, 1.165) is 0 Å². The van der Waals surface area contributed by atoms with E-state index in [-0.39, 0.29) is 0 Å². The molecule has 0 fully saturated rings. The molecule has 0 atom stereocenters. The lowest BCUT2D eigenvalue weighted by Crippen LogP contribution is -1.92. The zero-order chi connectivity index (χ0) is 56.6. The molecule has 9 rings (SSSR count). The van der Waals surface area contributed by atoms with Gasteiger partial charge in [0.1, 0.15) is 0 Å². The van der Waals surface area contributed by atoms with Gasteiger partial charge in [-0.3, -0.25) is 0 Å². The minimum Gasteiger partial charge on any atom is -0.0622 e. The molecule has 214 valence electrons. The van der Waals surface area contributed by atoms with E-state index in [0.29, 0.717) is 0 Å². The molecular weight excluding hydrogens is 553 g/mol. The SMILES string of the molecule is [2H]c1c([2H])c([2H])c(-c2c([2H])c([2H])c([2H])c3c([2H])c(-c4c([2H])c([2H])c(-c5c6c([2H])c([2H])c([2H])c([2H])c6c(-c6c([2H])c([2H])c([2H])c([2H])c6[2H])c6c([2H])c([2H])c([2H])c([2H])c56)c5c([2H])c([2H])c([2H])c([2H])c45)c([2H])c([2H])c23)c([2H])c1[2H]. The molecule has 0 unspecified atom stereocenters. The quantitative estimate of drug-likeness (QED) is 0.173. The van der Waals surface area contributed by atoms with Crippen molar-refractivity contribution in [2.24, 2.45) is 0 Å². The minimum atomic E-state index is -1.16. The fourth-order valence-electron chi connectivity index (χ4n) is 5.41. The molecule has 0 bridgehead atoms. The molecule has 9 aromatic rings. The molecular formula is C46H30. The van der Waals surface area contributed by atoms with Crippen molar-refractivity contribution in [3.63, 3.8) is 0 Å². The molecule has 0 aliphatic rings. The van der Waals surface area contributed by atoms with E-state index in [4.69, 9.17) is 26.0 Å². The molecule has 0 aliphatic heterocycles. The van der Waals surface area contributed by atoms with E-state index in [2.05, 4.69) is 0 Å². The van der Waals surface area contributed by atoms with Gasteiger partial charge >= 0.3 is 0 Å². The van der Waals surface area contributed by atoms with Gasteiger partial charge in [0.2, 0.25) is 0 Å². The maximum atomic E-state index is 9.86. The van der Waals surface area contributed by atoms with Crippen LogP contribution in [0.3, 0.4) is 0 Å². The Morgan fingerprint density at radius 3 is 1.37 bits per heavy atom. The van der Waals surface area contributed by atoms with Crippen LogP contribution in [0.5, 0.6) is 0 Å². The maximum Gasteiger partial charge on any atom is 0.0636 e. The van der Waals surface area contributed by atoms with E-state index < -0.39 is 269 Å². The number of benzene rings is 9. The molecule has 0 nitrogen and oxygen atoms in total. The third-order valence-electron chi connectivity index (χ3n) is 7.31. The lowest BCUT2D eigenvalue weighted by atomic mass is 9.83. The first-order valence-corrected chi connectivity index (χ1v) is 13.5. The minimum absolute atomic E-state index is 0.704. The van der Waals surface area contributed by atoms with Gasteiger partial charge in [-0.15, -0.1) is 0 Å². The Morgan fingerprint density at radius 2 is 0.739 bits per heavy atom. The van der Waals surface area contributed by atoms with Crippen LogP contribution in [0.25, 0.3) is 87.6 Å². The van der Waals surface area contributed by atoms with Crippen LogP contribution < -0.4 is 0 Å². The molecule has 9 aromatic carbocycles. The van der Waals surface area contributed by atoms with Crippen molar-refractivity contribution in [2.75, 3.05) is 0 Å². The van der Waals surface area contributed by atoms with Gasteiger partial charge in [-0.05, 0) is 93.6 Å². The predicted molar refractivity (Wildman–Crippen MR) is 198 cm³/mol. The number of rotatable bonds is 4. The molecule has 46 heavy (non-hydrogen) atoms. The highest BCUT2D eigenvalue weighted by molar-refractivity contribution is 6.24. The van der Waals surface area contributed by atoms with Gasteiger partial charge in [-0.2, -0.15) is 0 Å². The largest absolute Gasteiger partial charge is 0.0636 e. The summed E-state index contributed by atoms with van der Waals surface area (Å²) in [5.74, 6) is 0. The molecule has 0 saturated carbocycles. The molecule has 0 spiro atoms. The normalized spacial score (nSPS) is 20.6. The number of hydrogen-bond donors (Lipinski definition) is 0. The van der Waals surface area contributed by atoms with Gasteiger partial charge in [-0.25, -0.2) is 0 Å². The molecule has 0 saturated heterocycles. The van der Waals surface area contributed by atoms with Gasteiger partial charge in [0.05, 0.1) is 41.1 Å². The summed E-state index contributed by atoms with van der Waals surface area (Å²) in [5, 5.41) is -6.22. The smallest absolute Gasteiger partial charge is 0.0622 e. The lowest BCUT2D eigenvalue weighted by molar-refractivity contribution is 1.64.